The molecular formula is C13H18N2O. The topological polar surface area (TPSA) is 35.0 Å². The van der Waals surface area contributed by atoms with Crippen LogP contribution in [0.3, 0.4) is 0 Å². The van der Waals surface area contributed by atoms with Gasteiger partial charge >= 0.3 is 0 Å². The Hall–Kier alpha value is -0.960. The average molecular weight is 218 g/mol. The number of hydrogen-bond acceptors (Lipinski definition) is 3. The fourth-order valence-electron chi connectivity index (χ4n) is 3.25. The molecule has 1 saturated heterocycles. The highest BCUT2D eigenvalue weighted by Gasteiger charge is 2.34. The predicted molar refractivity (Wildman–Crippen MR) is 61.5 cm³/mol. The maximum absolute atomic E-state index is 5.58. The van der Waals surface area contributed by atoms with Crippen molar-refractivity contribution in [1.29, 1.82) is 0 Å². The van der Waals surface area contributed by atoms with E-state index >= 15 is 0 Å². The molecule has 0 N–H and O–H groups in total. The summed E-state index contributed by atoms with van der Waals surface area (Å²) >= 11 is 0. The van der Waals surface area contributed by atoms with Gasteiger partial charge in [-0.25, -0.2) is 9.97 Å². The molecule has 2 unspecified atom stereocenters. The van der Waals surface area contributed by atoms with Crippen molar-refractivity contribution in [1.82, 2.24) is 9.97 Å². The average Bonchev–Trinajstić information content (AvgIpc) is 2.28. The van der Waals surface area contributed by atoms with Crippen LogP contribution in [0.2, 0.25) is 0 Å². The summed E-state index contributed by atoms with van der Waals surface area (Å²) in [7, 11) is 0. The molecule has 2 atom stereocenters. The number of fused-ring (bicyclic) bond motifs is 3. The van der Waals surface area contributed by atoms with Crippen LogP contribution in [-0.4, -0.2) is 23.2 Å². The molecule has 0 saturated carbocycles. The summed E-state index contributed by atoms with van der Waals surface area (Å²) in [6.45, 7) is 5.94. The summed E-state index contributed by atoms with van der Waals surface area (Å²) in [6, 6.07) is 0. The summed E-state index contributed by atoms with van der Waals surface area (Å²) < 4.78 is 5.58. The van der Waals surface area contributed by atoms with Gasteiger partial charge in [-0.2, -0.15) is 0 Å². The molecule has 1 aliphatic carbocycles. The lowest BCUT2D eigenvalue weighted by Gasteiger charge is -2.37. The summed E-state index contributed by atoms with van der Waals surface area (Å²) in [5, 5.41) is 0. The van der Waals surface area contributed by atoms with Gasteiger partial charge in [0.15, 0.2) is 0 Å². The first kappa shape index (κ1) is 10.2. The largest absolute Gasteiger partial charge is 0.381 e. The quantitative estimate of drug-likeness (QED) is 0.669. The Morgan fingerprint density at radius 3 is 2.94 bits per heavy atom. The van der Waals surface area contributed by atoms with Crippen molar-refractivity contribution in [2.24, 2.45) is 5.92 Å². The zero-order valence-electron chi connectivity index (χ0n) is 9.99. The maximum atomic E-state index is 5.58. The highest BCUT2D eigenvalue weighted by atomic mass is 16.5. The third kappa shape index (κ3) is 1.54. The Morgan fingerprint density at radius 2 is 2.06 bits per heavy atom. The van der Waals surface area contributed by atoms with Gasteiger partial charge in [0.1, 0.15) is 5.82 Å². The molecule has 1 aromatic rings. The molecule has 0 amide bonds. The SMILES string of the molecule is Cc1nc(C)c2c(n1)CCC1COCCC21. The van der Waals surface area contributed by atoms with Crippen molar-refractivity contribution >= 4 is 0 Å². The van der Waals surface area contributed by atoms with E-state index in [2.05, 4.69) is 16.9 Å². The number of hydrogen-bond donors (Lipinski definition) is 0. The second-order valence-electron chi connectivity index (χ2n) is 4.99. The Labute approximate surface area is 96.3 Å². The molecular weight excluding hydrogens is 200 g/mol. The van der Waals surface area contributed by atoms with E-state index in [0.29, 0.717) is 11.8 Å². The maximum Gasteiger partial charge on any atom is 0.125 e. The lowest BCUT2D eigenvalue weighted by Crippen LogP contribution is -2.31. The van der Waals surface area contributed by atoms with Crippen molar-refractivity contribution < 1.29 is 4.74 Å². The van der Waals surface area contributed by atoms with Gasteiger partial charge in [-0.1, -0.05) is 0 Å². The Bertz CT molecular complexity index is 417. The molecule has 0 aromatic carbocycles. The van der Waals surface area contributed by atoms with E-state index in [9.17, 15) is 0 Å². The standard InChI is InChI=1S/C13H18N2O/c1-8-13-11-5-6-16-7-10(11)3-4-12(13)15-9(2)14-8/h10-11H,3-7H2,1-2H3. The second kappa shape index (κ2) is 3.81. The first-order valence-electron chi connectivity index (χ1n) is 6.17. The van der Waals surface area contributed by atoms with Crippen molar-refractivity contribution in [3.05, 3.63) is 22.8 Å². The van der Waals surface area contributed by atoms with Crippen LogP contribution >= 0.6 is 0 Å². The zero-order chi connectivity index (χ0) is 11.1. The van der Waals surface area contributed by atoms with Crippen LogP contribution in [0, 0.1) is 19.8 Å². The van der Waals surface area contributed by atoms with Crippen LogP contribution in [0.4, 0.5) is 0 Å². The normalized spacial score (nSPS) is 28.4. The lowest BCUT2D eigenvalue weighted by molar-refractivity contribution is 0.0327. The Balaban J connectivity index is 2.07. The van der Waals surface area contributed by atoms with Gasteiger partial charge in [0.2, 0.25) is 0 Å². The third-order valence-corrected chi connectivity index (χ3v) is 3.92. The number of ether oxygens (including phenoxy) is 1. The number of rotatable bonds is 0. The van der Waals surface area contributed by atoms with Gasteiger partial charge in [0.25, 0.3) is 0 Å². The van der Waals surface area contributed by atoms with E-state index in [1.807, 2.05) is 6.92 Å². The van der Waals surface area contributed by atoms with Crippen molar-refractivity contribution in [2.45, 2.75) is 39.0 Å². The first-order chi connectivity index (χ1) is 7.75. The van der Waals surface area contributed by atoms with E-state index in [0.717, 1.165) is 31.9 Å². The van der Waals surface area contributed by atoms with Crippen LogP contribution in [0.15, 0.2) is 0 Å². The van der Waals surface area contributed by atoms with Gasteiger partial charge in [0, 0.05) is 24.6 Å². The molecule has 1 aliphatic heterocycles. The first-order valence-corrected chi connectivity index (χ1v) is 6.17. The van der Waals surface area contributed by atoms with E-state index in [4.69, 9.17) is 4.74 Å². The van der Waals surface area contributed by atoms with E-state index in [1.54, 1.807) is 0 Å². The van der Waals surface area contributed by atoms with Crippen LogP contribution in [0.1, 0.15) is 41.5 Å². The van der Waals surface area contributed by atoms with Crippen molar-refractivity contribution in [3.63, 3.8) is 0 Å². The molecule has 86 valence electrons. The highest BCUT2D eigenvalue weighted by molar-refractivity contribution is 5.32. The summed E-state index contributed by atoms with van der Waals surface area (Å²) in [4.78, 5) is 9.14. The van der Waals surface area contributed by atoms with Gasteiger partial charge in [-0.3, -0.25) is 0 Å². The minimum atomic E-state index is 0.651. The summed E-state index contributed by atoms with van der Waals surface area (Å²) in [5.41, 5.74) is 3.93. The second-order valence-corrected chi connectivity index (χ2v) is 4.99. The molecule has 0 radical (unpaired) electrons. The van der Waals surface area contributed by atoms with Crippen molar-refractivity contribution in [3.8, 4) is 0 Å². The van der Waals surface area contributed by atoms with E-state index in [-0.39, 0.29) is 0 Å². The predicted octanol–water partition coefficient (Wildman–Crippen LogP) is 2.16. The van der Waals surface area contributed by atoms with Crippen molar-refractivity contribution in [2.75, 3.05) is 13.2 Å². The molecule has 0 bridgehead atoms. The smallest absolute Gasteiger partial charge is 0.125 e. The number of nitrogens with zero attached hydrogens (tertiary/aromatic N) is 2. The Kier molecular flexibility index (Phi) is 2.43. The highest BCUT2D eigenvalue weighted by Crippen LogP contribution is 2.41. The fraction of sp³-hybridized carbons (Fsp3) is 0.692. The van der Waals surface area contributed by atoms with Crippen LogP contribution in [0.25, 0.3) is 0 Å². The zero-order valence-corrected chi connectivity index (χ0v) is 9.99. The summed E-state index contributed by atoms with van der Waals surface area (Å²) in [5.74, 6) is 2.27. The molecule has 3 rings (SSSR count). The molecule has 0 spiro atoms. The fourth-order valence-corrected chi connectivity index (χ4v) is 3.25. The monoisotopic (exact) mass is 218 g/mol. The van der Waals surface area contributed by atoms with Crippen LogP contribution < -0.4 is 0 Å². The Morgan fingerprint density at radius 1 is 1.19 bits per heavy atom. The molecule has 3 heteroatoms. The van der Waals surface area contributed by atoms with Crippen LogP contribution in [-0.2, 0) is 11.2 Å². The van der Waals surface area contributed by atoms with Gasteiger partial charge < -0.3 is 4.74 Å². The molecule has 2 heterocycles. The lowest BCUT2D eigenvalue weighted by atomic mass is 9.74. The minimum absolute atomic E-state index is 0.651. The van der Waals surface area contributed by atoms with E-state index < -0.39 is 0 Å². The minimum Gasteiger partial charge on any atom is -0.381 e. The van der Waals surface area contributed by atoms with Gasteiger partial charge in [-0.05, 0) is 50.5 Å². The third-order valence-electron chi connectivity index (χ3n) is 3.92. The van der Waals surface area contributed by atoms with Gasteiger partial charge in [0.05, 0.1) is 0 Å². The van der Waals surface area contributed by atoms with Gasteiger partial charge in [-0.15, -0.1) is 0 Å². The molecule has 2 aliphatic rings. The van der Waals surface area contributed by atoms with E-state index in [1.165, 1.54) is 23.4 Å². The molecule has 16 heavy (non-hydrogen) atoms. The number of aryl methyl sites for hydroxylation is 3. The number of aromatic nitrogens is 2. The van der Waals surface area contributed by atoms with Crippen LogP contribution in [0.5, 0.6) is 0 Å². The molecule has 1 fully saturated rings. The summed E-state index contributed by atoms with van der Waals surface area (Å²) in [6.07, 6.45) is 3.47. The molecule has 1 aromatic heterocycles. The molecule has 3 nitrogen and oxygen atoms in total.